The van der Waals surface area contributed by atoms with Crippen LogP contribution in [0, 0.1) is 11.6 Å². The van der Waals surface area contributed by atoms with E-state index in [0.29, 0.717) is 37.8 Å². The van der Waals surface area contributed by atoms with Gasteiger partial charge in [-0.2, -0.15) is 9.97 Å². The van der Waals surface area contributed by atoms with Crippen molar-refractivity contribution in [3.63, 3.8) is 0 Å². The number of benzene rings is 3. The Morgan fingerprint density at radius 3 is 2.19 bits per heavy atom. The minimum Gasteiger partial charge on any atom is -0.474 e. The summed E-state index contributed by atoms with van der Waals surface area (Å²) in [7, 11) is 0. The van der Waals surface area contributed by atoms with Crippen LogP contribution in [0.5, 0.6) is 17.6 Å². The molecular formula is C28H21Cl3F2N2O2. The number of hydrogen-bond acceptors (Lipinski definition) is 4. The Kier molecular flexibility index (Phi) is 7.79. The first-order valence-corrected chi connectivity index (χ1v) is 12.9. The lowest BCUT2D eigenvalue weighted by Gasteiger charge is -2.25. The first-order chi connectivity index (χ1) is 17.9. The molecule has 0 aliphatic heterocycles. The standard InChI is InChI=1S/C28H21Cl3F2N2O2/c29-17-8-6-16(7-9-17)25-26(21-12-10-18(30)14-22(21)31)34-28(37-20-11-13-23(32)24(33)15-20)35-27(25)36-19-4-2-1-3-5-19/h6-15,19H,1-5H2. The monoisotopic (exact) mass is 560 g/mol. The summed E-state index contributed by atoms with van der Waals surface area (Å²) in [6.07, 6.45) is 5.00. The van der Waals surface area contributed by atoms with Crippen LogP contribution in [0.15, 0.2) is 60.7 Å². The van der Waals surface area contributed by atoms with Crippen molar-refractivity contribution in [1.29, 1.82) is 0 Å². The molecule has 1 heterocycles. The van der Waals surface area contributed by atoms with Crippen LogP contribution in [0.3, 0.4) is 0 Å². The summed E-state index contributed by atoms with van der Waals surface area (Å²) in [5, 5.41) is 1.40. The molecular weight excluding hydrogens is 541 g/mol. The van der Waals surface area contributed by atoms with E-state index in [-0.39, 0.29) is 17.9 Å². The lowest BCUT2D eigenvalue weighted by Crippen LogP contribution is -2.21. The minimum atomic E-state index is -1.05. The highest BCUT2D eigenvalue weighted by atomic mass is 35.5. The summed E-state index contributed by atoms with van der Waals surface area (Å²) in [6, 6.07) is 15.4. The summed E-state index contributed by atoms with van der Waals surface area (Å²) >= 11 is 18.9. The molecule has 3 aromatic carbocycles. The smallest absolute Gasteiger partial charge is 0.325 e. The second kappa shape index (κ2) is 11.2. The molecule has 1 fully saturated rings. The van der Waals surface area contributed by atoms with E-state index in [1.165, 1.54) is 6.07 Å². The zero-order valence-corrected chi connectivity index (χ0v) is 21.8. The van der Waals surface area contributed by atoms with Gasteiger partial charge in [0, 0.05) is 21.7 Å². The molecule has 0 amide bonds. The molecule has 0 atom stereocenters. The van der Waals surface area contributed by atoms with Crippen LogP contribution in [0.1, 0.15) is 32.1 Å². The van der Waals surface area contributed by atoms with Gasteiger partial charge in [-0.25, -0.2) is 8.78 Å². The summed E-state index contributed by atoms with van der Waals surface area (Å²) in [5.74, 6) is -1.70. The van der Waals surface area contributed by atoms with E-state index in [0.717, 1.165) is 49.8 Å². The zero-order chi connectivity index (χ0) is 25.9. The Labute approximate surface area is 228 Å². The first-order valence-electron chi connectivity index (χ1n) is 11.8. The van der Waals surface area contributed by atoms with E-state index in [1.54, 1.807) is 30.3 Å². The van der Waals surface area contributed by atoms with E-state index < -0.39 is 11.6 Å². The fourth-order valence-corrected chi connectivity index (χ4v) is 4.92. The van der Waals surface area contributed by atoms with Crippen molar-refractivity contribution in [2.75, 3.05) is 0 Å². The molecule has 1 aliphatic rings. The van der Waals surface area contributed by atoms with E-state index in [9.17, 15) is 8.78 Å². The summed E-state index contributed by atoms with van der Waals surface area (Å²) in [4.78, 5) is 9.22. The summed E-state index contributed by atoms with van der Waals surface area (Å²) in [5.41, 5.74) is 2.36. The molecule has 1 saturated carbocycles. The molecule has 0 bridgehead atoms. The molecule has 0 N–H and O–H groups in total. The second-order valence-electron chi connectivity index (χ2n) is 8.72. The summed E-state index contributed by atoms with van der Waals surface area (Å²) < 4.78 is 39.6. The lowest BCUT2D eigenvalue weighted by atomic mass is 9.97. The maximum atomic E-state index is 13.9. The molecule has 0 unspecified atom stereocenters. The van der Waals surface area contributed by atoms with Gasteiger partial charge in [0.1, 0.15) is 11.9 Å². The van der Waals surface area contributed by atoms with Crippen LogP contribution in [0.25, 0.3) is 22.4 Å². The number of ether oxygens (including phenoxy) is 2. The molecule has 190 valence electrons. The first kappa shape index (κ1) is 25.7. The topological polar surface area (TPSA) is 44.2 Å². The Balaban J connectivity index is 1.70. The van der Waals surface area contributed by atoms with E-state index in [2.05, 4.69) is 9.97 Å². The third-order valence-corrected chi connectivity index (χ3v) is 6.90. The average Bonchev–Trinajstić information content (AvgIpc) is 2.87. The number of nitrogens with zero attached hydrogens (tertiary/aromatic N) is 2. The van der Waals surface area contributed by atoms with Crippen LogP contribution in [0.2, 0.25) is 15.1 Å². The molecule has 1 aliphatic carbocycles. The van der Waals surface area contributed by atoms with Crippen molar-refractivity contribution in [2.24, 2.45) is 0 Å². The quantitative estimate of drug-likeness (QED) is 0.235. The molecule has 4 nitrogen and oxygen atoms in total. The SMILES string of the molecule is Fc1ccc(Oc2nc(OC3CCCCC3)c(-c3ccc(Cl)cc3)c(-c3ccc(Cl)cc3Cl)n2)cc1F. The molecule has 37 heavy (non-hydrogen) atoms. The molecule has 9 heteroatoms. The number of aromatic nitrogens is 2. The fourth-order valence-electron chi connectivity index (χ4n) is 4.29. The molecule has 0 radical (unpaired) electrons. The van der Waals surface area contributed by atoms with Crippen molar-refractivity contribution >= 4 is 34.8 Å². The van der Waals surface area contributed by atoms with E-state index in [1.807, 2.05) is 12.1 Å². The molecule has 5 rings (SSSR count). The Bertz CT molecular complexity index is 1430. The van der Waals surface area contributed by atoms with Crippen molar-refractivity contribution in [1.82, 2.24) is 9.97 Å². The van der Waals surface area contributed by atoms with Crippen LogP contribution in [-0.4, -0.2) is 16.1 Å². The van der Waals surface area contributed by atoms with Crippen molar-refractivity contribution in [2.45, 2.75) is 38.2 Å². The van der Waals surface area contributed by atoms with Gasteiger partial charge in [-0.15, -0.1) is 0 Å². The highest BCUT2D eigenvalue weighted by Crippen LogP contribution is 2.43. The largest absolute Gasteiger partial charge is 0.474 e. The number of hydrogen-bond donors (Lipinski definition) is 0. The molecule has 4 aromatic rings. The van der Waals surface area contributed by atoms with Crippen molar-refractivity contribution in [3.05, 3.63) is 87.4 Å². The van der Waals surface area contributed by atoms with Crippen molar-refractivity contribution < 1.29 is 18.3 Å². The Hall–Kier alpha value is -2.93. The van der Waals surface area contributed by atoms with Gasteiger partial charge >= 0.3 is 6.01 Å². The predicted molar refractivity (Wildman–Crippen MR) is 142 cm³/mol. The predicted octanol–water partition coefficient (Wildman–Crippen LogP) is 9.55. The van der Waals surface area contributed by atoms with E-state index in [4.69, 9.17) is 44.3 Å². The van der Waals surface area contributed by atoms with Gasteiger partial charge < -0.3 is 9.47 Å². The minimum absolute atomic E-state index is 0.0370. The highest BCUT2D eigenvalue weighted by molar-refractivity contribution is 6.36. The lowest BCUT2D eigenvalue weighted by molar-refractivity contribution is 0.148. The van der Waals surface area contributed by atoms with Gasteiger partial charge in [0.05, 0.1) is 16.3 Å². The van der Waals surface area contributed by atoms with Crippen LogP contribution < -0.4 is 9.47 Å². The Morgan fingerprint density at radius 2 is 1.49 bits per heavy atom. The average molecular weight is 562 g/mol. The third kappa shape index (κ3) is 5.98. The molecule has 1 aromatic heterocycles. The Morgan fingerprint density at radius 1 is 0.757 bits per heavy atom. The maximum Gasteiger partial charge on any atom is 0.325 e. The fraction of sp³-hybridized carbons (Fsp3) is 0.214. The third-order valence-electron chi connectivity index (χ3n) is 6.11. The second-order valence-corrected chi connectivity index (χ2v) is 10.0. The van der Waals surface area contributed by atoms with Crippen LogP contribution in [-0.2, 0) is 0 Å². The van der Waals surface area contributed by atoms with Crippen LogP contribution in [0.4, 0.5) is 8.78 Å². The zero-order valence-electron chi connectivity index (χ0n) is 19.5. The number of rotatable bonds is 6. The van der Waals surface area contributed by atoms with Gasteiger partial charge in [-0.3, -0.25) is 0 Å². The van der Waals surface area contributed by atoms with Gasteiger partial charge in [0.15, 0.2) is 11.6 Å². The summed E-state index contributed by atoms with van der Waals surface area (Å²) in [6.45, 7) is 0. The van der Waals surface area contributed by atoms with Gasteiger partial charge in [0.25, 0.3) is 0 Å². The van der Waals surface area contributed by atoms with Gasteiger partial charge in [-0.05, 0) is 73.7 Å². The van der Waals surface area contributed by atoms with Gasteiger partial charge in [0.2, 0.25) is 5.88 Å². The van der Waals surface area contributed by atoms with E-state index >= 15 is 0 Å². The normalized spacial score (nSPS) is 14.0. The molecule has 0 saturated heterocycles. The maximum absolute atomic E-state index is 13.9. The molecule has 0 spiro atoms. The number of halogens is 5. The van der Waals surface area contributed by atoms with Gasteiger partial charge in [-0.1, -0.05) is 53.4 Å². The van der Waals surface area contributed by atoms with Crippen molar-refractivity contribution in [3.8, 4) is 40.0 Å². The van der Waals surface area contributed by atoms with Crippen LogP contribution >= 0.6 is 34.8 Å². The highest BCUT2D eigenvalue weighted by Gasteiger charge is 2.25.